The topological polar surface area (TPSA) is 107 Å². The molecule has 1 aromatic rings. The minimum Gasteiger partial charge on any atom is -0.378 e. The molecule has 2 rings (SSSR count). The number of nitrogens with one attached hydrogen (secondary N) is 1. The van der Waals surface area contributed by atoms with Crippen LogP contribution in [0.5, 0.6) is 0 Å². The Balaban J connectivity index is 2.03. The van der Waals surface area contributed by atoms with Gasteiger partial charge in [-0.1, -0.05) is 0 Å². The van der Waals surface area contributed by atoms with E-state index in [1.165, 1.54) is 0 Å². The molecule has 1 aliphatic rings. The molecule has 0 saturated carbocycles. The van der Waals surface area contributed by atoms with Crippen molar-refractivity contribution in [2.45, 2.75) is 38.3 Å². The van der Waals surface area contributed by atoms with Gasteiger partial charge in [0.05, 0.1) is 17.2 Å². The van der Waals surface area contributed by atoms with Crippen molar-refractivity contribution in [3.8, 4) is 0 Å². The number of hydrogen-bond acceptors (Lipinski definition) is 5. The molecule has 0 aromatic carbocycles. The van der Waals surface area contributed by atoms with Crippen LogP contribution in [0.1, 0.15) is 25.7 Å². The fourth-order valence-corrected chi connectivity index (χ4v) is 2.16. The number of hydrogen-bond donors (Lipinski definition) is 1. The second kappa shape index (κ2) is 5.79. The maximum Gasteiger partial charge on any atom is 0.350 e. The van der Waals surface area contributed by atoms with Gasteiger partial charge in [-0.2, -0.15) is 0 Å². The lowest BCUT2D eigenvalue weighted by molar-refractivity contribution is -0.386. The fourth-order valence-electron chi connectivity index (χ4n) is 2.16. The molecule has 2 heterocycles. The van der Waals surface area contributed by atoms with Crippen molar-refractivity contribution >= 4 is 5.69 Å². The Bertz CT molecular complexity index is 570. The van der Waals surface area contributed by atoms with Crippen molar-refractivity contribution in [2.24, 2.45) is 0 Å². The predicted molar refractivity (Wildman–Crippen MR) is 66.2 cm³/mol. The Morgan fingerprint density at radius 3 is 2.95 bits per heavy atom. The number of aromatic nitrogens is 2. The summed E-state index contributed by atoms with van der Waals surface area (Å²) >= 11 is 0. The van der Waals surface area contributed by atoms with Gasteiger partial charge in [-0.05, 0) is 25.7 Å². The zero-order valence-corrected chi connectivity index (χ0v) is 10.3. The Morgan fingerprint density at radius 2 is 2.32 bits per heavy atom. The van der Waals surface area contributed by atoms with E-state index >= 15 is 0 Å². The molecule has 1 saturated heterocycles. The summed E-state index contributed by atoms with van der Waals surface area (Å²) in [5.41, 5.74) is -2.20. The second-order valence-electron chi connectivity index (χ2n) is 4.50. The van der Waals surface area contributed by atoms with Crippen LogP contribution in [0.3, 0.4) is 0 Å². The Morgan fingerprint density at radius 1 is 1.53 bits per heavy atom. The van der Waals surface area contributed by atoms with E-state index in [9.17, 15) is 19.7 Å². The molecule has 0 aliphatic carbocycles. The first-order chi connectivity index (χ1) is 9.08. The van der Waals surface area contributed by atoms with Gasteiger partial charge in [0.1, 0.15) is 0 Å². The molecule has 0 amide bonds. The van der Waals surface area contributed by atoms with E-state index < -0.39 is 21.9 Å². The summed E-state index contributed by atoms with van der Waals surface area (Å²) in [5.74, 6) is 0. The van der Waals surface area contributed by atoms with E-state index in [2.05, 4.69) is 0 Å². The minimum absolute atomic E-state index is 0.216. The summed E-state index contributed by atoms with van der Waals surface area (Å²) in [5, 5.41) is 10.6. The van der Waals surface area contributed by atoms with Gasteiger partial charge in [-0.3, -0.25) is 24.5 Å². The molecule has 0 spiro atoms. The number of aryl methyl sites for hydroxylation is 1. The van der Waals surface area contributed by atoms with Crippen LogP contribution in [-0.4, -0.2) is 27.2 Å². The predicted octanol–water partition coefficient (Wildman–Crippen LogP) is 0.404. The zero-order valence-electron chi connectivity index (χ0n) is 10.3. The van der Waals surface area contributed by atoms with E-state index in [4.69, 9.17) is 4.74 Å². The van der Waals surface area contributed by atoms with E-state index in [0.29, 0.717) is 13.0 Å². The highest BCUT2D eigenvalue weighted by Crippen LogP contribution is 2.16. The summed E-state index contributed by atoms with van der Waals surface area (Å²) in [7, 11) is 0. The van der Waals surface area contributed by atoms with Crippen LogP contribution in [0.15, 0.2) is 15.8 Å². The third kappa shape index (κ3) is 3.28. The molecule has 104 valence electrons. The molecule has 1 N–H and O–H groups in total. The zero-order chi connectivity index (χ0) is 13.8. The maximum absolute atomic E-state index is 11.5. The molecule has 1 aliphatic heterocycles. The van der Waals surface area contributed by atoms with Crippen molar-refractivity contribution in [1.82, 2.24) is 9.55 Å². The molecular formula is C11H15N3O5. The lowest BCUT2D eigenvalue weighted by Gasteiger charge is -2.09. The molecule has 0 radical (unpaired) electrons. The number of nitrogens with zero attached hydrogens (tertiary/aromatic N) is 2. The fraction of sp³-hybridized carbons (Fsp3) is 0.636. The highest BCUT2D eigenvalue weighted by atomic mass is 16.6. The normalized spacial score (nSPS) is 18.6. The molecule has 8 heteroatoms. The quantitative estimate of drug-likeness (QED) is 0.615. The molecule has 1 atom stereocenters. The van der Waals surface area contributed by atoms with Gasteiger partial charge in [0, 0.05) is 13.2 Å². The first-order valence-electron chi connectivity index (χ1n) is 6.17. The summed E-state index contributed by atoms with van der Waals surface area (Å²) in [6.45, 7) is 1.10. The first kappa shape index (κ1) is 13.5. The molecule has 0 bridgehead atoms. The summed E-state index contributed by atoms with van der Waals surface area (Å²) < 4.78 is 6.61. The van der Waals surface area contributed by atoms with Gasteiger partial charge in [0.2, 0.25) is 0 Å². The van der Waals surface area contributed by atoms with E-state index in [1.54, 1.807) is 0 Å². The third-order valence-corrected chi connectivity index (χ3v) is 3.14. The van der Waals surface area contributed by atoms with Gasteiger partial charge in [0.25, 0.3) is 0 Å². The monoisotopic (exact) mass is 269 g/mol. The molecule has 8 nitrogen and oxygen atoms in total. The molecule has 1 fully saturated rings. The average Bonchev–Trinajstić information content (AvgIpc) is 2.84. The van der Waals surface area contributed by atoms with Gasteiger partial charge < -0.3 is 4.74 Å². The van der Waals surface area contributed by atoms with Crippen molar-refractivity contribution < 1.29 is 9.66 Å². The second-order valence-corrected chi connectivity index (χ2v) is 4.50. The number of ether oxygens (including phenoxy) is 1. The molecule has 19 heavy (non-hydrogen) atoms. The Hall–Kier alpha value is -1.96. The summed E-state index contributed by atoms with van der Waals surface area (Å²) in [6.07, 6.45) is 4.76. The summed E-state index contributed by atoms with van der Waals surface area (Å²) in [4.78, 5) is 34.4. The number of aromatic amines is 1. The standard InChI is InChI=1S/C11H15N3O5/c15-10-9(14(17)18)7-13(11(16)12-10)5-1-3-8-4-2-6-19-8/h7-8H,1-6H2,(H,12,15,16). The average molecular weight is 269 g/mol. The van der Waals surface area contributed by atoms with E-state index in [1.807, 2.05) is 4.98 Å². The van der Waals surface area contributed by atoms with Crippen molar-refractivity contribution in [3.63, 3.8) is 0 Å². The van der Waals surface area contributed by atoms with Gasteiger partial charge >= 0.3 is 16.9 Å². The third-order valence-electron chi connectivity index (χ3n) is 3.14. The van der Waals surface area contributed by atoms with Gasteiger partial charge in [-0.15, -0.1) is 0 Å². The van der Waals surface area contributed by atoms with Crippen molar-refractivity contribution in [1.29, 1.82) is 0 Å². The van der Waals surface area contributed by atoms with Crippen molar-refractivity contribution in [3.05, 3.63) is 37.1 Å². The lowest BCUT2D eigenvalue weighted by atomic mass is 10.1. The Labute approximate surface area is 108 Å². The highest BCUT2D eigenvalue weighted by Gasteiger charge is 2.17. The number of H-pyrrole nitrogens is 1. The molecular weight excluding hydrogens is 254 g/mol. The van der Waals surface area contributed by atoms with Crippen LogP contribution in [0, 0.1) is 10.1 Å². The van der Waals surface area contributed by atoms with Crippen LogP contribution in [0.4, 0.5) is 5.69 Å². The van der Waals surface area contributed by atoms with Crippen LogP contribution in [0.25, 0.3) is 0 Å². The van der Waals surface area contributed by atoms with Crippen LogP contribution in [0.2, 0.25) is 0 Å². The molecule has 1 aromatic heterocycles. The number of nitro groups is 1. The lowest BCUT2D eigenvalue weighted by Crippen LogP contribution is -2.31. The van der Waals surface area contributed by atoms with Gasteiger partial charge in [-0.25, -0.2) is 4.79 Å². The first-order valence-corrected chi connectivity index (χ1v) is 6.17. The summed E-state index contributed by atoms with van der Waals surface area (Å²) in [6, 6.07) is 0. The highest BCUT2D eigenvalue weighted by molar-refractivity contribution is 5.20. The SMILES string of the molecule is O=c1[nH]c(=O)n(CCCC2CCCO2)cc1[N+](=O)[O-]. The maximum atomic E-state index is 11.5. The van der Waals surface area contributed by atoms with Crippen molar-refractivity contribution in [2.75, 3.05) is 6.61 Å². The largest absolute Gasteiger partial charge is 0.378 e. The van der Waals surface area contributed by atoms with Crippen LogP contribution >= 0.6 is 0 Å². The molecule has 1 unspecified atom stereocenters. The minimum atomic E-state index is -0.967. The van der Waals surface area contributed by atoms with Crippen LogP contribution in [-0.2, 0) is 11.3 Å². The Kier molecular flexibility index (Phi) is 4.10. The van der Waals surface area contributed by atoms with Crippen LogP contribution < -0.4 is 11.2 Å². The smallest absolute Gasteiger partial charge is 0.350 e. The number of rotatable bonds is 5. The van der Waals surface area contributed by atoms with Gasteiger partial charge in [0.15, 0.2) is 0 Å². The van der Waals surface area contributed by atoms with E-state index in [0.717, 1.165) is 36.6 Å². The van der Waals surface area contributed by atoms with E-state index in [-0.39, 0.29) is 6.10 Å².